The quantitative estimate of drug-likeness (QED) is 0.794. The number of carbonyl (C=O) groups is 1. The topological polar surface area (TPSA) is 46.5 Å². The highest BCUT2D eigenvalue weighted by molar-refractivity contribution is 9.10. The van der Waals surface area contributed by atoms with Crippen molar-refractivity contribution in [3.63, 3.8) is 0 Å². The number of hydrogen-bond acceptors (Lipinski definition) is 3. The van der Waals surface area contributed by atoms with E-state index in [1.807, 2.05) is 0 Å². The average Bonchev–Trinajstić information content (AvgIpc) is 2.10. The van der Waals surface area contributed by atoms with Gasteiger partial charge in [0.05, 0.1) is 12.1 Å². The molecule has 1 rings (SSSR count). The van der Waals surface area contributed by atoms with Gasteiger partial charge in [-0.15, -0.1) is 0 Å². The molecule has 0 atom stereocenters. The third-order valence-corrected chi connectivity index (χ3v) is 2.64. The van der Waals surface area contributed by atoms with Crippen molar-refractivity contribution in [1.82, 2.24) is 0 Å². The third-order valence-electron chi connectivity index (χ3n) is 1.44. The number of phenolic OH excluding ortho intramolecular Hbond substituents is 1. The van der Waals surface area contributed by atoms with E-state index in [1.54, 1.807) is 0 Å². The summed E-state index contributed by atoms with van der Waals surface area (Å²) in [6, 6.07) is 2.68. The lowest BCUT2D eigenvalue weighted by Gasteiger charge is -2.03. The molecule has 0 aliphatic heterocycles. The largest absolute Gasteiger partial charge is 0.507 e. The van der Waals surface area contributed by atoms with Gasteiger partial charge in [0.2, 0.25) is 0 Å². The molecule has 1 N–H and O–H groups in total. The summed E-state index contributed by atoms with van der Waals surface area (Å²) in [6.45, 7) is 0. The number of methoxy groups -OCH3 is 1. The molecule has 0 spiro atoms. The van der Waals surface area contributed by atoms with Crippen molar-refractivity contribution >= 4 is 33.5 Å². The van der Waals surface area contributed by atoms with Crippen molar-refractivity contribution in [3.05, 3.63) is 27.2 Å². The molecule has 3 nitrogen and oxygen atoms in total. The summed E-state index contributed by atoms with van der Waals surface area (Å²) in [5.41, 5.74) is 0.0516. The van der Waals surface area contributed by atoms with Gasteiger partial charge in [0.1, 0.15) is 11.3 Å². The smallest absolute Gasteiger partial charge is 0.341 e. The van der Waals surface area contributed by atoms with Crippen molar-refractivity contribution in [1.29, 1.82) is 0 Å². The Balaban J connectivity index is 3.23. The Morgan fingerprint density at radius 1 is 1.62 bits per heavy atom. The fraction of sp³-hybridized carbons (Fsp3) is 0.125. The Hall–Kier alpha value is -0.740. The fourth-order valence-electron chi connectivity index (χ4n) is 0.810. The van der Waals surface area contributed by atoms with Crippen LogP contribution in [-0.4, -0.2) is 18.2 Å². The van der Waals surface area contributed by atoms with Gasteiger partial charge in [-0.05, 0) is 28.1 Å². The Kier molecular flexibility index (Phi) is 3.17. The molecule has 0 saturated heterocycles. The molecule has 70 valence electrons. The molecule has 0 aromatic heterocycles. The molecule has 0 fully saturated rings. The van der Waals surface area contributed by atoms with E-state index in [0.29, 0.717) is 9.50 Å². The number of carbonyl (C=O) groups excluding carboxylic acids is 1. The highest BCUT2D eigenvalue weighted by Gasteiger charge is 2.13. The van der Waals surface area contributed by atoms with Crippen LogP contribution in [0.2, 0.25) is 5.02 Å². The van der Waals surface area contributed by atoms with E-state index in [4.69, 9.17) is 11.6 Å². The zero-order valence-corrected chi connectivity index (χ0v) is 9.02. The minimum absolute atomic E-state index is 0.0516. The maximum atomic E-state index is 11.0. The Labute approximate surface area is 88.4 Å². The van der Waals surface area contributed by atoms with Gasteiger partial charge in [-0.1, -0.05) is 11.6 Å². The number of phenols is 1. The molecular weight excluding hydrogens is 259 g/mol. The molecule has 0 aliphatic rings. The van der Waals surface area contributed by atoms with E-state index < -0.39 is 5.97 Å². The lowest BCUT2D eigenvalue weighted by molar-refractivity contribution is 0.0597. The normalized spacial score (nSPS) is 9.77. The fourth-order valence-corrected chi connectivity index (χ4v) is 1.30. The van der Waals surface area contributed by atoms with Crippen LogP contribution < -0.4 is 0 Å². The van der Waals surface area contributed by atoms with Crippen LogP contribution in [0.5, 0.6) is 5.75 Å². The van der Waals surface area contributed by atoms with Gasteiger partial charge in [0, 0.05) is 4.47 Å². The number of aromatic hydroxyl groups is 1. The number of halogens is 2. The van der Waals surface area contributed by atoms with Gasteiger partial charge >= 0.3 is 5.97 Å². The second kappa shape index (κ2) is 3.98. The first kappa shape index (κ1) is 10.3. The summed E-state index contributed by atoms with van der Waals surface area (Å²) in [4.78, 5) is 11.0. The average molecular weight is 265 g/mol. The maximum Gasteiger partial charge on any atom is 0.341 e. The van der Waals surface area contributed by atoms with Crippen LogP contribution in [0.1, 0.15) is 10.4 Å². The van der Waals surface area contributed by atoms with E-state index in [-0.39, 0.29) is 11.3 Å². The zero-order chi connectivity index (χ0) is 10.0. The van der Waals surface area contributed by atoms with E-state index in [1.165, 1.54) is 19.2 Å². The SMILES string of the molecule is COC(=O)c1cc(Cl)c(Br)cc1O. The van der Waals surface area contributed by atoms with Crippen LogP contribution in [0, 0.1) is 0 Å². The maximum absolute atomic E-state index is 11.0. The number of ether oxygens (including phenoxy) is 1. The van der Waals surface area contributed by atoms with Crippen molar-refractivity contribution < 1.29 is 14.6 Å². The summed E-state index contributed by atoms with van der Waals surface area (Å²) in [5, 5.41) is 9.67. The highest BCUT2D eigenvalue weighted by Crippen LogP contribution is 2.30. The lowest BCUT2D eigenvalue weighted by atomic mass is 10.2. The lowest BCUT2D eigenvalue weighted by Crippen LogP contribution is -2.01. The molecule has 13 heavy (non-hydrogen) atoms. The molecule has 1 aromatic carbocycles. The monoisotopic (exact) mass is 264 g/mol. The van der Waals surface area contributed by atoms with Crippen molar-refractivity contribution in [2.45, 2.75) is 0 Å². The zero-order valence-electron chi connectivity index (χ0n) is 6.67. The molecular formula is C8H6BrClO3. The van der Waals surface area contributed by atoms with Gasteiger partial charge in [-0.2, -0.15) is 0 Å². The molecule has 0 amide bonds. The first-order chi connectivity index (χ1) is 6.06. The molecule has 0 unspecified atom stereocenters. The standard InChI is InChI=1S/C8H6BrClO3/c1-13-8(12)4-2-6(10)5(9)3-7(4)11/h2-3,11H,1H3. The van der Waals surface area contributed by atoms with Crippen LogP contribution in [0.3, 0.4) is 0 Å². The Bertz CT molecular complexity index is 351. The van der Waals surface area contributed by atoms with E-state index >= 15 is 0 Å². The van der Waals surface area contributed by atoms with Crippen molar-refractivity contribution in [3.8, 4) is 5.75 Å². The number of rotatable bonds is 1. The molecule has 1 aromatic rings. The summed E-state index contributed by atoms with van der Waals surface area (Å²) >= 11 is 8.83. The molecule has 0 saturated carbocycles. The second-order valence-corrected chi connectivity index (χ2v) is 3.54. The van der Waals surface area contributed by atoms with Gasteiger partial charge in [0.25, 0.3) is 0 Å². The summed E-state index contributed by atoms with van der Waals surface area (Å²) in [7, 11) is 1.23. The van der Waals surface area contributed by atoms with Gasteiger partial charge in [0.15, 0.2) is 0 Å². The summed E-state index contributed by atoms with van der Waals surface area (Å²) in [6.07, 6.45) is 0. The van der Waals surface area contributed by atoms with E-state index in [9.17, 15) is 9.90 Å². The number of benzene rings is 1. The van der Waals surface area contributed by atoms with Crippen LogP contribution in [0.25, 0.3) is 0 Å². The minimum Gasteiger partial charge on any atom is -0.507 e. The molecule has 0 heterocycles. The van der Waals surface area contributed by atoms with Gasteiger partial charge in [-0.3, -0.25) is 0 Å². The van der Waals surface area contributed by atoms with Gasteiger partial charge < -0.3 is 9.84 Å². The minimum atomic E-state index is -0.619. The molecule has 0 aliphatic carbocycles. The predicted octanol–water partition coefficient (Wildman–Crippen LogP) is 2.59. The first-order valence-electron chi connectivity index (χ1n) is 3.32. The van der Waals surface area contributed by atoms with Gasteiger partial charge in [-0.25, -0.2) is 4.79 Å². The van der Waals surface area contributed by atoms with Crippen LogP contribution in [0.15, 0.2) is 16.6 Å². The second-order valence-electron chi connectivity index (χ2n) is 2.28. The Morgan fingerprint density at radius 2 is 2.23 bits per heavy atom. The third kappa shape index (κ3) is 2.14. The van der Waals surface area contributed by atoms with Crippen LogP contribution >= 0.6 is 27.5 Å². The summed E-state index contributed by atoms with van der Waals surface area (Å²) < 4.78 is 4.97. The summed E-state index contributed by atoms with van der Waals surface area (Å²) in [5.74, 6) is -0.782. The molecule has 0 bridgehead atoms. The Morgan fingerprint density at radius 3 is 2.77 bits per heavy atom. The number of hydrogen-bond donors (Lipinski definition) is 1. The molecule has 0 radical (unpaired) electrons. The van der Waals surface area contributed by atoms with Crippen LogP contribution in [0.4, 0.5) is 0 Å². The van der Waals surface area contributed by atoms with Crippen LogP contribution in [-0.2, 0) is 4.74 Å². The van der Waals surface area contributed by atoms with Crippen molar-refractivity contribution in [2.75, 3.05) is 7.11 Å². The van der Waals surface area contributed by atoms with Crippen molar-refractivity contribution in [2.24, 2.45) is 0 Å². The first-order valence-corrected chi connectivity index (χ1v) is 4.49. The van der Waals surface area contributed by atoms with E-state index in [2.05, 4.69) is 20.7 Å². The number of esters is 1. The van der Waals surface area contributed by atoms with E-state index in [0.717, 1.165) is 0 Å². The predicted molar refractivity (Wildman–Crippen MR) is 52.2 cm³/mol. The highest BCUT2D eigenvalue weighted by atomic mass is 79.9. The molecule has 5 heteroatoms.